The second kappa shape index (κ2) is 7.57. The van der Waals surface area contributed by atoms with Gasteiger partial charge in [0, 0.05) is 10.0 Å². The van der Waals surface area contributed by atoms with E-state index in [-0.39, 0.29) is 15.7 Å². The van der Waals surface area contributed by atoms with E-state index in [4.69, 9.17) is 0 Å². The number of fused-ring (bicyclic) bond motifs is 1. The lowest BCUT2D eigenvalue weighted by Crippen LogP contribution is -2.14. The Kier molecular flexibility index (Phi) is 5.10. The number of carbonyl (C=O) groups is 1. The first-order chi connectivity index (χ1) is 13.9. The normalized spacial score (nSPS) is 14.7. The van der Waals surface area contributed by atoms with E-state index < -0.39 is 9.84 Å². The molecule has 0 saturated heterocycles. The number of nitrogens with zero attached hydrogens (tertiary/aromatic N) is 1. The number of nitrogens with one attached hydrogen (secondary N) is 1. The van der Waals surface area contributed by atoms with Crippen LogP contribution >= 0.6 is 15.9 Å². The molecule has 146 valence electrons. The quantitative estimate of drug-likeness (QED) is 0.590. The van der Waals surface area contributed by atoms with Crippen molar-refractivity contribution >= 4 is 48.8 Å². The van der Waals surface area contributed by atoms with Crippen molar-refractivity contribution < 1.29 is 13.2 Å². The van der Waals surface area contributed by atoms with Gasteiger partial charge in [-0.25, -0.2) is 13.4 Å². The van der Waals surface area contributed by atoms with E-state index in [9.17, 15) is 13.2 Å². The molecule has 0 saturated carbocycles. The summed E-state index contributed by atoms with van der Waals surface area (Å²) in [6.45, 7) is 2.02. The summed E-state index contributed by atoms with van der Waals surface area (Å²) in [5.41, 5.74) is 3.37. The van der Waals surface area contributed by atoms with E-state index in [1.165, 1.54) is 12.1 Å². The zero-order valence-corrected chi connectivity index (χ0v) is 17.9. The number of sulfone groups is 1. The minimum Gasteiger partial charge on any atom is -0.320 e. The third-order valence-electron chi connectivity index (χ3n) is 4.72. The molecular weight excluding hydrogens is 452 g/mol. The summed E-state index contributed by atoms with van der Waals surface area (Å²) in [5, 5.41) is 2.89. The van der Waals surface area contributed by atoms with E-state index >= 15 is 0 Å². The number of hydrogen-bond donors (Lipinski definition) is 1. The minimum absolute atomic E-state index is 0.180. The fourth-order valence-corrected chi connectivity index (χ4v) is 5.03. The molecule has 0 fully saturated rings. The molecule has 0 aliphatic carbocycles. The summed E-state index contributed by atoms with van der Waals surface area (Å²) < 4.78 is 26.3. The minimum atomic E-state index is -3.59. The van der Waals surface area contributed by atoms with Crippen LogP contribution in [0.2, 0.25) is 0 Å². The predicted molar refractivity (Wildman–Crippen MR) is 117 cm³/mol. The van der Waals surface area contributed by atoms with Gasteiger partial charge in [0.25, 0.3) is 5.91 Å². The van der Waals surface area contributed by atoms with Crippen molar-refractivity contribution in [3.05, 3.63) is 82.3 Å². The van der Waals surface area contributed by atoms with Crippen molar-refractivity contribution in [1.29, 1.82) is 0 Å². The Bertz CT molecular complexity index is 1240. The monoisotopic (exact) mass is 468 g/mol. The Morgan fingerprint density at radius 3 is 2.28 bits per heavy atom. The Labute approximate surface area is 177 Å². The van der Waals surface area contributed by atoms with Crippen LogP contribution < -0.4 is 5.32 Å². The molecule has 0 spiro atoms. The lowest BCUT2D eigenvalue weighted by Gasteiger charge is -2.06. The number of carbonyl (C=O) groups excluding carboxylic acids is 1. The number of aryl methyl sites for hydroxylation is 1. The Hall–Kier alpha value is -2.77. The SMILES string of the molecule is CCc1cc(Br)cc2c1NC(=O)C2=Nc1ccc(S(=O)(=O)c2ccccc2)cc1. The van der Waals surface area contributed by atoms with Gasteiger partial charge >= 0.3 is 0 Å². The van der Waals surface area contributed by atoms with E-state index in [1.54, 1.807) is 42.5 Å². The highest BCUT2D eigenvalue weighted by Crippen LogP contribution is 2.33. The highest BCUT2D eigenvalue weighted by Gasteiger charge is 2.28. The molecular formula is C22H17BrN2O3S. The van der Waals surface area contributed by atoms with Crippen LogP contribution in [-0.2, 0) is 21.1 Å². The van der Waals surface area contributed by atoms with Crippen LogP contribution in [-0.4, -0.2) is 20.0 Å². The molecule has 7 heteroatoms. The second-order valence-corrected chi connectivity index (χ2v) is 9.43. The summed E-state index contributed by atoms with van der Waals surface area (Å²) in [6, 6.07) is 18.3. The number of benzene rings is 3. The Morgan fingerprint density at radius 2 is 1.62 bits per heavy atom. The first kappa shape index (κ1) is 19.5. The van der Waals surface area contributed by atoms with Crippen LogP contribution in [0.15, 0.2) is 86.0 Å². The van der Waals surface area contributed by atoms with Crippen molar-refractivity contribution in [1.82, 2.24) is 0 Å². The summed E-state index contributed by atoms with van der Waals surface area (Å²) in [7, 11) is -3.59. The maximum absolute atomic E-state index is 12.7. The van der Waals surface area contributed by atoms with Gasteiger partial charge in [0.05, 0.1) is 21.2 Å². The summed E-state index contributed by atoms with van der Waals surface area (Å²) in [5.74, 6) is -0.270. The third kappa shape index (κ3) is 3.63. The average molecular weight is 469 g/mol. The number of rotatable bonds is 4. The lowest BCUT2D eigenvalue weighted by atomic mass is 10.0. The van der Waals surface area contributed by atoms with Gasteiger partial charge in [-0.05, 0) is 60.5 Å². The highest BCUT2D eigenvalue weighted by molar-refractivity contribution is 9.10. The first-order valence-corrected chi connectivity index (χ1v) is 11.3. The molecule has 1 heterocycles. The zero-order chi connectivity index (χ0) is 20.6. The van der Waals surface area contributed by atoms with Crippen LogP contribution in [0.1, 0.15) is 18.1 Å². The maximum Gasteiger partial charge on any atom is 0.275 e. The molecule has 1 aliphatic heterocycles. The van der Waals surface area contributed by atoms with Gasteiger partial charge in [-0.3, -0.25) is 4.79 Å². The van der Waals surface area contributed by atoms with Gasteiger partial charge in [0.1, 0.15) is 5.71 Å². The molecule has 1 aliphatic rings. The summed E-state index contributed by atoms with van der Waals surface area (Å²) >= 11 is 3.48. The smallest absolute Gasteiger partial charge is 0.275 e. The second-order valence-electron chi connectivity index (χ2n) is 6.57. The molecule has 0 atom stereocenters. The standard InChI is InChI=1S/C22H17BrN2O3S/c1-2-14-12-15(23)13-19-20(14)25-22(26)21(19)24-16-8-10-18(11-9-16)29(27,28)17-6-4-3-5-7-17/h3-13H,2H2,1H3,(H,24,25,26). The predicted octanol–water partition coefficient (Wildman–Crippen LogP) is 4.92. The van der Waals surface area contributed by atoms with Gasteiger partial charge in [0.2, 0.25) is 9.84 Å². The third-order valence-corrected chi connectivity index (χ3v) is 6.96. The van der Waals surface area contributed by atoms with Crippen molar-refractivity contribution in [3.63, 3.8) is 0 Å². The van der Waals surface area contributed by atoms with Crippen LogP contribution in [0, 0.1) is 0 Å². The van der Waals surface area contributed by atoms with Crippen molar-refractivity contribution in [2.24, 2.45) is 4.99 Å². The van der Waals surface area contributed by atoms with Crippen LogP contribution in [0.3, 0.4) is 0 Å². The van der Waals surface area contributed by atoms with E-state index in [0.717, 1.165) is 27.7 Å². The molecule has 0 radical (unpaired) electrons. The Morgan fingerprint density at radius 1 is 0.966 bits per heavy atom. The van der Waals surface area contributed by atoms with Crippen molar-refractivity contribution in [2.75, 3.05) is 5.32 Å². The molecule has 29 heavy (non-hydrogen) atoms. The lowest BCUT2D eigenvalue weighted by molar-refractivity contribution is -0.110. The molecule has 3 aromatic carbocycles. The van der Waals surface area contributed by atoms with E-state index in [0.29, 0.717) is 11.4 Å². The van der Waals surface area contributed by atoms with Crippen molar-refractivity contribution in [3.8, 4) is 0 Å². The van der Waals surface area contributed by atoms with Gasteiger partial charge in [-0.2, -0.15) is 0 Å². The van der Waals surface area contributed by atoms with Gasteiger partial charge < -0.3 is 5.32 Å². The fraction of sp³-hybridized carbons (Fsp3) is 0.0909. The molecule has 0 aromatic heterocycles. The fourth-order valence-electron chi connectivity index (χ4n) is 3.25. The van der Waals surface area contributed by atoms with Crippen LogP contribution in [0.5, 0.6) is 0 Å². The maximum atomic E-state index is 12.7. The number of anilines is 1. The molecule has 3 aromatic rings. The highest BCUT2D eigenvalue weighted by atomic mass is 79.9. The largest absolute Gasteiger partial charge is 0.320 e. The molecule has 5 nitrogen and oxygen atoms in total. The number of aliphatic imine (C=N–C) groups is 1. The van der Waals surface area contributed by atoms with Gasteiger partial charge in [0.15, 0.2) is 0 Å². The molecule has 0 unspecified atom stereocenters. The summed E-state index contributed by atoms with van der Waals surface area (Å²) in [4.78, 5) is 17.4. The zero-order valence-electron chi connectivity index (χ0n) is 15.5. The van der Waals surface area contributed by atoms with E-state index in [1.807, 2.05) is 19.1 Å². The number of hydrogen-bond acceptors (Lipinski definition) is 4. The van der Waals surface area contributed by atoms with Crippen LogP contribution in [0.25, 0.3) is 0 Å². The molecule has 1 N–H and O–H groups in total. The van der Waals surface area contributed by atoms with Gasteiger partial charge in [-0.15, -0.1) is 0 Å². The number of halogens is 1. The molecule has 4 rings (SSSR count). The molecule has 1 amide bonds. The van der Waals surface area contributed by atoms with Crippen LogP contribution in [0.4, 0.5) is 11.4 Å². The average Bonchev–Trinajstić information content (AvgIpc) is 3.03. The van der Waals surface area contributed by atoms with Crippen molar-refractivity contribution in [2.45, 2.75) is 23.1 Å². The Balaban J connectivity index is 1.71. The van der Waals surface area contributed by atoms with Gasteiger partial charge in [-0.1, -0.05) is 41.1 Å². The molecule has 0 bridgehead atoms. The topological polar surface area (TPSA) is 75.6 Å². The first-order valence-electron chi connectivity index (χ1n) is 9.03. The number of amides is 1. The van der Waals surface area contributed by atoms with E-state index in [2.05, 4.69) is 26.2 Å². The summed E-state index contributed by atoms with van der Waals surface area (Å²) in [6.07, 6.45) is 0.779.